The van der Waals surface area contributed by atoms with Gasteiger partial charge >= 0.3 is 0 Å². The zero-order chi connectivity index (χ0) is 17.5. The topological polar surface area (TPSA) is 64.0 Å². The van der Waals surface area contributed by atoms with E-state index in [1.54, 1.807) is 0 Å². The number of benzene rings is 1. The van der Waals surface area contributed by atoms with Crippen molar-refractivity contribution in [3.63, 3.8) is 0 Å². The van der Waals surface area contributed by atoms with Gasteiger partial charge in [-0.15, -0.1) is 0 Å². The molecule has 2 aromatic rings. The number of nitrogens with zero attached hydrogens (tertiary/aromatic N) is 2. The van der Waals surface area contributed by atoms with Gasteiger partial charge in [-0.1, -0.05) is 43.7 Å². The zero-order valence-electron chi connectivity index (χ0n) is 14.6. The molecule has 0 saturated carbocycles. The second-order valence-electron chi connectivity index (χ2n) is 5.97. The van der Waals surface area contributed by atoms with Crippen LogP contribution in [0, 0.1) is 13.8 Å². The van der Waals surface area contributed by atoms with Gasteiger partial charge in [0.1, 0.15) is 0 Å². The number of aryl methyl sites for hydroxylation is 1. The Morgan fingerprint density at radius 1 is 1.12 bits per heavy atom. The molecule has 1 amide bonds. The molecule has 5 heteroatoms. The molecule has 0 saturated heterocycles. The highest BCUT2D eigenvalue weighted by Crippen LogP contribution is 2.15. The molecule has 0 aliphatic heterocycles. The van der Waals surface area contributed by atoms with Crippen LogP contribution >= 0.6 is 0 Å². The third-order valence-electron chi connectivity index (χ3n) is 4.08. The first kappa shape index (κ1) is 17.9. The molecule has 1 heterocycles. The summed E-state index contributed by atoms with van der Waals surface area (Å²) < 4.78 is 1.45. The van der Waals surface area contributed by atoms with Crippen LogP contribution in [0.2, 0.25) is 0 Å². The highest BCUT2D eigenvalue weighted by atomic mass is 16.2. The van der Waals surface area contributed by atoms with Crippen LogP contribution in [0.15, 0.2) is 30.3 Å². The van der Waals surface area contributed by atoms with Gasteiger partial charge in [-0.2, -0.15) is 5.10 Å². The SMILES string of the molecule is CCCc1c(C)nn(C(=O)CCC(=O)NCc2ccccc2)c1C. The number of amides is 1. The van der Waals surface area contributed by atoms with Crippen molar-refractivity contribution in [2.24, 2.45) is 0 Å². The molecule has 0 unspecified atom stereocenters. The molecule has 128 valence electrons. The molecule has 0 aliphatic rings. The van der Waals surface area contributed by atoms with Gasteiger partial charge in [0.25, 0.3) is 0 Å². The molecule has 0 bridgehead atoms. The highest BCUT2D eigenvalue weighted by molar-refractivity contribution is 5.85. The maximum absolute atomic E-state index is 12.3. The van der Waals surface area contributed by atoms with E-state index < -0.39 is 0 Å². The van der Waals surface area contributed by atoms with Crippen molar-refractivity contribution in [2.75, 3.05) is 0 Å². The van der Waals surface area contributed by atoms with Gasteiger partial charge < -0.3 is 5.32 Å². The third kappa shape index (κ3) is 4.54. The fourth-order valence-electron chi connectivity index (χ4n) is 2.74. The van der Waals surface area contributed by atoms with Crippen LogP contribution in [0.4, 0.5) is 0 Å². The lowest BCUT2D eigenvalue weighted by Crippen LogP contribution is -2.24. The predicted molar refractivity (Wildman–Crippen MR) is 93.8 cm³/mol. The van der Waals surface area contributed by atoms with Crippen LogP contribution < -0.4 is 5.32 Å². The molecule has 5 nitrogen and oxygen atoms in total. The van der Waals surface area contributed by atoms with E-state index >= 15 is 0 Å². The summed E-state index contributed by atoms with van der Waals surface area (Å²) in [6, 6.07) is 9.71. The minimum Gasteiger partial charge on any atom is -0.352 e. The zero-order valence-corrected chi connectivity index (χ0v) is 14.6. The number of carbonyl (C=O) groups excluding carboxylic acids is 2. The monoisotopic (exact) mass is 327 g/mol. The molecule has 2 rings (SSSR count). The summed E-state index contributed by atoms with van der Waals surface area (Å²) in [6.07, 6.45) is 2.27. The van der Waals surface area contributed by atoms with Crippen LogP contribution in [0.3, 0.4) is 0 Å². The van der Waals surface area contributed by atoms with Gasteiger partial charge in [0.2, 0.25) is 11.8 Å². The number of hydrogen-bond acceptors (Lipinski definition) is 3. The first-order chi connectivity index (χ1) is 11.5. The lowest BCUT2D eigenvalue weighted by atomic mass is 10.1. The Balaban J connectivity index is 1.86. The summed E-state index contributed by atoms with van der Waals surface area (Å²) in [5, 5.41) is 7.17. The van der Waals surface area contributed by atoms with Crippen LogP contribution in [0.5, 0.6) is 0 Å². The van der Waals surface area contributed by atoms with Crippen molar-refractivity contribution in [2.45, 2.75) is 53.0 Å². The Kier molecular flexibility index (Phi) is 6.29. The fourth-order valence-corrected chi connectivity index (χ4v) is 2.74. The third-order valence-corrected chi connectivity index (χ3v) is 4.08. The Morgan fingerprint density at radius 2 is 1.83 bits per heavy atom. The molecule has 24 heavy (non-hydrogen) atoms. The van der Waals surface area contributed by atoms with Gasteiger partial charge in [-0.05, 0) is 31.4 Å². The molecule has 1 aromatic heterocycles. The lowest BCUT2D eigenvalue weighted by molar-refractivity contribution is -0.121. The average Bonchev–Trinajstić information content (AvgIpc) is 2.87. The average molecular weight is 327 g/mol. The fraction of sp³-hybridized carbons (Fsp3) is 0.421. The van der Waals surface area contributed by atoms with E-state index in [1.807, 2.05) is 44.2 Å². The normalized spacial score (nSPS) is 10.6. The van der Waals surface area contributed by atoms with E-state index in [0.29, 0.717) is 6.54 Å². The van der Waals surface area contributed by atoms with Gasteiger partial charge in [0.15, 0.2) is 0 Å². The molecular weight excluding hydrogens is 302 g/mol. The summed E-state index contributed by atoms with van der Waals surface area (Å²) >= 11 is 0. The molecule has 0 atom stereocenters. The summed E-state index contributed by atoms with van der Waals surface area (Å²) in [6.45, 7) is 6.43. The van der Waals surface area contributed by atoms with Gasteiger partial charge in [-0.25, -0.2) is 4.68 Å². The molecule has 0 radical (unpaired) electrons. The number of nitrogens with one attached hydrogen (secondary N) is 1. The minimum atomic E-state index is -0.132. The number of carbonyl (C=O) groups is 2. The summed E-state index contributed by atoms with van der Waals surface area (Å²) in [5.41, 5.74) is 3.97. The highest BCUT2D eigenvalue weighted by Gasteiger charge is 2.16. The Hall–Kier alpha value is -2.43. The molecule has 0 fully saturated rings. The largest absolute Gasteiger partial charge is 0.352 e. The van der Waals surface area contributed by atoms with Crippen molar-refractivity contribution in [1.29, 1.82) is 0 Å². The molecule has 1 aromatic carbocycles. The van der Waals surface area contributed by atoms with Crippen LogP contribution in [-0.2, 0) is 17.8 Å². The number of aromatic nitrogens is 2. The van der Waals surface area contributed by atoms with Gasteiger partial charge in [0, 0.05) is 25.1 Å². The molecule has 0 aliphatic carbocycles. The van der Waals surface area contributed by atoms with Crippen LogP contribution in [0.1, 0.15) is 53.5 Å². The van der Waals surface area contributed by atoms with Crippen molar-refractivity contribution in [1.82, 2.24) is 15.1 Å². The van der Waals surface area contributed by atoms with Crippen molar-refractivity contribution in [3.8, 4) is 0 Å². The van der Waals surface area contributed by atoms with E-state index in [-0.39, 0.29) is 24.7 Å². The molecule has 1 N–H and O–H groups in total. The van der Waals surface area contributed by atoms with E-state index in [0.717, 1.165) is 35.4 Å². The summed E-state index contributed by atoms with van der Waals surface area (Å²) in [4.78, 5) is 24.3. The second kappa shape index (κ2) is 8.43. The maximum Gasteiger partial charge on any atom is 0.247 e. The first-order valence-electron chi connectivity index (χ1n) is 8.41. The Morgan fingerprint density at radius 3 is 2.50 bits per heavy atom. The minimum absolute atomic E-state index is 0.123. The Labute approximate surface area is 143 Å². The second-order valence-corrected chi connectivity index (χ2v) is 5.97. The Bertz CT molecular complexity index is 705. The predicted octanol–water partition coefficient (Wildman–Crippen LogP) is 3.19. The van der Waals surface area contributed by atoms with E-state index in [4.69, 9.17) is 0 Å². The van der Waals surface area contributed by atoms with Crippen molar-refractivity contribution >= 4 is 11.8 Å². The van der Waals surface area contributed by atoms with Gasteiger partial charge in [0.05, 0.1) is 5.69 Å². The summed E-state index contributed by atoms with van der Waals surface area (Å²) in [5.74, 6) is -0.254. The standard InChI is InChI=1S/C19H25N3O2/c1-4-8-17-14(2)21-22(15(17)3)19(24)12-11-18(23)20-13-16-9-6-5-7-10-16/h5-7,9-10H,4,8,11-13H2,1-3H3,(H,20,23). The van der Waals surface area contributed by atoms with Crippen LogP contribution in [0.25, 0.3) is 0 Å². The lowest BCUT2D eigenvalue weighted by Gasteiger charge is -2.06. The van der Waals surface area contributed by atoms with E-state index in [9.17, 15) is 9.59 Å². The maximum atomic E-state index is 12.3. The van der Waals surface area contributed by atoms with Crippen molar-refractivity contribution in [3.05, 3.63) is 52.8 Å². The van der Waals surface area contributed by atoms with Crippen molar-refractivity contribution < 1.29 is 9.59 Å². The number of hydrogen-bond donors (Lipinski definition) is 1. The van der Waals surface area contributed by atoms with E-state index in [2.05, 4.69) is 17.3 Å². The first-order valence-corrected chi connectivity index (χ1v) is 8.41. The molecular formula is C19H25N3O2. The van der Waals surface area contributed by atoms with Gasteiger partial charge in [-0.3, -0.25) is 9.59 Å². The summed E-state index contributed by atoms with van der Waals surface area (Å²) in [7, 11) is 0. The molecule has 0 spiro atoms. The quantitative estimate of drug-likeness (QED) is 0.849. The van der Waals surface area contributed by atoms with Crippen LogP contribution in [-0.4, -0.2) is 21.6 Å². The number of rotatable bonds is 7. The van der Waals surface area contributed by atoms with E-state index in [1.165, 1.54) is 4.68 Å². The smallest absolute Gasteiger partial charge is 0.247 e.